The summed E-state index contributed by atoms with van der Waals surface area (Å²) in [4.78, 5) is 20.9. The van der Waals surface area contributed by atoms with Crippen molar-refractivity contribution < 1.29 is 14.3 Å². The summed E-state index contributed by atoms with van der Waals surface area (Å²) in [5, 5.41) is 3.34. The summed E-state index contributed by atoms with van der Waals surface area (Å²) < 4.78 is 10.9. The van der Waals surface area contributed by atoms with Gasteiger partial charge in [-0.1, -0.05) is 24.3 Å². The summed E-state index contributed by atoms with van der Waals surface area (Å²) in [5.74, 6) is 2.63. The summed E-state index contributed by atoms with van der Waals surface area (Å²) in [5.41, 5.74) is 2.63. The number of methoxy groups -OCH3 is 1. The molecule has 0 bridgehead atoms. The molecule has 2 aromatic carbocycles. The van der Waals surface area contributed by atoms with Gasteiger partial charge in [-0.15, -0.1) is 0 Å². The molecule has 0 spiro atoms. The molecule has 3 rings (SSSR count). The van der Waals surface area contributed by atoms with E-state index in [2.05, 4.69) is 28.5 Å². The second kappa shape index (κ2) is 12.0. The smallest absolute Gasteiger partial charge is 0.222 e. The quantitative estimate of drug-likeness (QED) is 0.370. The zero-order chi connectivity index (χ0) is 22.8. The van der Waals surface area contributed by atoms with Gasteiger partial charge in [0.25, 0.3) is 0 Å². The van der Waals surface area contributed by atoms with E-state index in [0.717, 1.165) is 43.4 Å². The first-order chi connectivity index (χ1) is 15.6. The van der Waals surface area contributed by atoms with Crippen molar-refractivity contribution in [1.82, 2.24) is 15.1 Å². The Morgan fingerprint density at radius 3 is 2.56 bits per heavy atom. The fourth-order valence-electron chi connectivity index (χ4n) is 3.77. The number of hydrogen-bond acceptors (Lipinski definition) is 4. The van der Waals surface area contributed by atoms with Crippen molar-refractivity contribution in [3.05, 3.63) is 59.7 Å². The fraction of sp³-hybridized carbons (Fsp3) is 0.440. The minimum Gasteiger partial charge on any atom is -0.497 e. The molecule has 0 atom stereocenters. The van der Waals surface area contributed by atoms with Crippen LogP contribution in [0.25, 0.3) is 0 Å². The molecule has 1 aliphatic heterocycles. The standard InChI is InChI=1S/C25H34N4O3/c1-26-25(28(2)17-18-32-23-12-10-22(31-3)11-13-23)27-15-6-9-24(30)29-16-14-20-7-4-5-8-21(20)19-29/h4-5,7-8,10-13H,6,9,14-19H2,1-3H3,(H,26,27). The third-order valence-corrected chi connectivity index (χ3v) is 5.66. The third kappa shape index (κ3) is 6.64. The van der Waals surface area contributed by atoms with Crippen molar-refractivity contribution in [3.63, 3.8) is 0 Å². The Balaban J connectivity index is 1.33. The minimum absolute atomic E-state index is 0.220. The molecule has 0 saturated heterocycles. The Morgan fingerprint density at radius 1 is 1.12 bits per heavy atom. The number of carbonyl (C=O) groups excluding carboxylic acids is 1. The number of nitrogens with one attached hydrogen (secondary N) is 1. The number of nitrogens with zero attached hydrogens (tertiary/aromatic N) is 3. The number of aliphatic imine (C=N–C) groups is 1. The number of likely N-dealkylation sites (N-methyl/N-ethyl adjacent to an activating group) is 1. The minimum atomic E-state index is 0.220. The highest BCUT2D eigenvalue weighted by atomic mass is 16.5. The lowest BCUT2D eigenvalue weighted by atomic mass is 9.99. The molecule has 172 valence electrons. The van der Waals surface area contributed by atoms with E-state index in [1.807, 2.05) is 47.2 Å². The Labute approximate surface area is 191 Å². The highest BCUT2D eigenvalue weighted by Gasteiger charge is 2.19. The Bertz CT molecular complexity index is 898. The molecule has 32 heavy (non-hydrogen) atoms. The molecule has 7 nitrogen and oxygen atoms in total. The van der Waals surface area contributed by atoms with Crippen molar-refractivity contribution in [2.24, 2.45) is 4.99 Å². The van der Waals surface area contributed by atoms with Gasteiger partial charge < -0.3 is 24.6 Å². The molecule has 0 unspecified atom stereocenters. The van der Waals surface area contributed by atoms with Crippen LogP contribution in [0.15, 0.2) is 53.5 Å². The summed E-state index contributed by atoms with van der Waals surface area (Å²) in [6.07, 6.45) is 2.25. The molecule has 0 saturated carbocycles. The predicted molar refractivity (Wildman–Crippen MR) is 127 cm³/mol. The van der Waals surface area contributed by atoms with Crippen molar-refractivity contribution in [3.8, 4) is 11.5 Å². The van der Waals surface area contributed by atoms with Gasteiger partial charge in [-0.2, -0.15) is 0 Å². The van der Waals surface area contributed by atoms with E-state index in [1.165, 1.54) is 11.1 Å². The molecule has 1 heterocycles. The topological polar surface area (TPSA) is 66.4 Å². The van der Waals surface area contributed by atoms with Crippen molar-refractivity contribution >= 4 is 11.9 Å². The van der Waals surface area contributed by atoms with Crippen LogP contribution in [-0.2, 0) is 17.8 Å². The second-order valence-electron chi connectivity index (χ2n) is 7.86. The van der Waals surface area contributed by atoms with Gasteiger partial charge >= 0.3 is 0 Å². The third-order valence-electron chi connectivity index (χ3n) is 5.66. The van der Waals surface area contributed by atoms with Gasteiger partial charge in [-0.25, -0.2) is 0 Å². The van der Waals surface area contributed by atoms with E-state index >= 15 is 0 Å². The average molecular weight is 439 g/mol. The molecule has 1 N–H and O–H groups in total. The first kappa shape index (κ1) is 23.4. The van der Waals surface area contributed by atoms with Crippen molar-refractivity contribution in [1.29, 1.82) is 0 Å². The molecule has 0 aliphatic carbocycles. The lowest BCUT2D eigenvalue weighted by Gasteiger charge is -2.29. The van der Waals surface area contributed by atoms with Crippen LogP contribution in [0.4, 0.5) is 0 Å². The number of rotatable bonds is 9. The van der Waals surface area contributed by atoms with Crippen LogP contribution in [-0.4, -0.2) is 69.1 Å². The molecule has 2 aromatic rings. The van der Waals surface area contributed by atoms with Gasteiger partial charge in [0, 0.05) is 40.2 Å². The summed E-state index contributed by atoms with van der Waals surface area (Å²) in [7, 11) is 5.38. The number of ether oxygens (including phenoxy) is 2. The van der Waals surface area contributed by atoms with Crippen LogP contribution >= 0.6 is 0 Å². The van der Waals surface area contributed by atoms with Gasteiger partial charge in [0.15, 0.2) is 5.96 Å². The number of hydrogen-bond donors (Lipinski definition) is 1. The van der Waals surface area contributed by atoms with Gasteiger partial charge in [0.05, 0.1) is 13.7 Å². The summed E-state index contributed by atoms with van der Waals surface area (Å²) >= 11 is 0. The summed E-state index contributed by atoms with van der Waals surface area (Å²) in [6, 6.07) is 15.9. The first-order valence-electron chi connectivity index (χ1n) is 11.1. The molecule has 1 amide bonds. The van der Waals surface area contributed by atoms with Gasteiger partial charge in [0.2, 0.25) is 5.91 Å². The number of guanidine groups is 1. The maximum Gasteiger partial charge on any atom is 0.222 e. The van der Waals surface area contributed by atoms with Crippen LogP contribution < -0.4 is 14.8 Å². The highest BCUT2D eigenvalue weighted by Crippen LogP contribution is 2.19. The molecule has 0 aromatic heterocycles. The van der Waals surface area contributed by atoms with Crippen molar-refractivity contribution in [2.75, 3.05) is 47.4 Å². The van der Waals surface area contributed by atoms with Crippen LogP contribution in [0.1, 0.15) is 24.0 Å². The maximum atomic E-state index is 12.6. The Morgan fingerprint density at radius 2 is 1.84 bits per heavy atom. The van der Waals surface area contributed by atoms with Crippen molar-refractivity contribution in [2.45, 2.75) is 25.8 Å². The second-order valence-corrected chi connectivity index (χ2v) is 7.86. The molecule has 7 heteroatoms. The van der Waals surface area contributed by atoms with Gasteiger partial charge in [-0.3, -0.25) is 9.79 Å². The number of carbonyl (C=O) groups is 1. The van der Waals surface area contributed by atoms with Crippen LogP contribution in [0.3, 0.4) is 0 Å². The largest absolute Gasteiger partial charge is 0.497 e. The van der Waals surface area contributed by atoms with E-state index in [4.69, 9.17) is 9.47 Å². The SMILES string of the molecule is CN=C(NCCCC(=O)N1CCc2ccccc2C1)N(C)CCOc1ccc(OC)cc1. The normalized spacial score (nSPS) is 13.3. The number of amides is 1. The van der Waals surface area contributed by atoms with Gasteiger partial charge in [0.1, 0.15) is 18.1 Å². The Hall–Kier alpha value is -3.22. The molecular weight excluding hydrogens is 404 g/mol. The Kier molecular flexibility index (Phi) is 8.78. The van der Waals surface area contributed by atoms with Gasteiger partial charge in [-0.05, 0) is 48.2 Å². The lowest BCUT2D eigenvalue weighted by molar-refractivity contribution is -0.132. The van der Waals surface area contributed by atoms with E-state index in [9.17, 15) is 4.79 Å². The van der Waals surface area contributed by atoms with E-state index in [-0.39, 0.29) is 5.91 Å². The molecular formula is C25H34N4O3. The van der Waals surface area contributed by atoms with E-state index in [1.54, 1.807) is 14.2 Å². The molecule has 1 aliphatic rings. The maximum absolute atomic E-state index is 12.6. The predicted octanol–water partition coefficient (Wildman–Crippen LogP) is 2.95. The average Bonchev–Trinajstić information content (AvgIpc) is 2.84. The number of fused-ring (bicyclic) bond motifs is 1. The van der Waals surface area contributed by atoms with E-state index in [0.29, 0.717) is 26.1 Å². The first-order valence-corrected chi connectivity index (χ1v) is 11.1. The van der Waals surface area contributed by atoms with E-state index < -0.39 is 0 Å². The zero-order valence-corrected chi connectivity index (χ0v) is 19.3. The zero-order valence-electron chi connectivity index (χ0n) is 19.3. The van der Waals surface area contributed by atoms with Crippen LogP contribution in [0.2, 0.25) is 0 Å². The molecule has 0 fully saturated rings. The van der Waals surface area contributed by atoms with Crippen LogP contribution in [0, 0.1) is 0 Å². The fourth-order valence-corrected chi connectivity index (χ4v) is 3.77. The summed E-state index contributed by atoms with van der Waals surface area (Å²) in [6.45, 7) is 3.46. The number of benzene rings is 2. The van der Waals surface area contributed by atoms with Crippen LogP contribution in [0.5, 0.6) is 11.5 Å². The highest BCUT2D eigenvalue weighted by molar-refractivity contribution is 5.80. The monoisotopic (exact) mass is 438 g/mol. The molecule has 0 radical (unpaired) electrons. The lowest BCUT2D eigenvalue weighted by Crippen LogP contribution is -2.41.